The van der Waals surface area contributed by atoms with Crippen LogP contribution in [0.15, 0.2) is 33.6 Å². The van der Waals surface area contributed by atoms with Gasteiger partial charge in [0.1, 0.15) is 16.4 Å². The summed E-state index contributed by atoms with van der Waals surface area (Å²) < 4.78 is 36.2. The molecule has 140 valence electrons. The van der Waals surface area contributed by atoms with Crippen molar-refractivity contribution in [2.24, 2.45) is 0 Å². The molecule has 0 saturated carbocycles. The van der Waals surface area contributed by atoms with Crippen molar-refractivity contribution in [3.63, 3.8) is 0 Å². The van der Waals surface area contributed by atoms with E-state index in [9.17, 15) is 23.6 Å². The van der Waals surface area contributed by atoms with Crippen molar-refractivity contribution in [1.82, 2.24) is 0 Å². The van der Waals surface area contributed by atoms with Crippen LogP contribution in [0.5, 0.6) is 17.2 Å². The van der Waals surface area contributed by atoms with E-state index in [1.807, 2.05) is 0 Å². The van der Waals surface area contributed by atoms with Gasteiger partial charge >= 0.3 is 5.69 Å². The van der Waals surface area contributed by atoms with Gasteiger partial charge in [0.25, 0.3) is 0 Å². The number of rotatable bonds is 6. The maximum absolute atomic E-state index is 12.8. The highest BCUT2D eigenvalue weighted by atomic mass is 79.9. The molecule has 26 heavy (non-hydrogen) atoms. The summed E-state index contributed by atoms with van der Waals surface area (Å²) in [7, 11) is -1.33. The van der Waals surface area contributed by atoms with E-state index in [1.54, 1.807) is 0 Å². The second kappa shape index (κ2) is 7.68. The number of hydrogen-bond donors (Lipinski definition) is 1. The first-order chi connectivity index (χ1) is 12.1. The smallest absolute Gasteiger partial charge is 0.312 e. The molecule has 0 saturated heterocycles. The Morgan fingerprint density at radius 3 is 2.35 bits per heavy atom. The number of phenols is 1. The summed E-state index contributed by atoms with van der Waals surface area (Å²) in [6.07, 6.45) is 0. The number of halogens is 2. The van der Waals surface area contributed by atoms with Crippen LogP contribution < -0.4 is 9.47 Å². The van der Waals surface area contributed by atoms with Crippen LogP contribution >= 0.6 is 27.5 Å². The zero-order chi connectivity index (χ0) is 19.6. The highest BCUT2D eigenvalue weighted by molar-refractivity contribution is 9.10. The number of aromatic hydroxyl groups is 1. The molecule has 0 fully saturated rings. The van der Waals surface area contributed by atoms with E-state index in [-0.39, 0.29) is 21.2 Å². The van der Waals surface area contributed by atoms with Gasteiger partial charge in [-0.1, -0.05) is 11.6 Å². The Balaban J connectivity index is 2.57. The molecule has 8 nitrogen and oxygen atoms in total. The summed E-state index contributed by atoms with van der Waals surface area (Å²) in [5.74, 6) is -1.08. The minimum Gasteiger partial charge on any atom is -0.502 e. The van der Waals surface area contributed by atoms with Crippen LogP contribution in [-0.2, 0) is 15.6 Å². The molecule has 0 aliphatic rings. The van der Waals surface area contributed by atoms with Gasteiger partial charge in [0.15, 0.2) is 15.6 Å². The summed E-state index contributed by atoms with van der Waals surface area (Å²) in [6.45, 7) is 0. The molecule has 0 unspecified atom stereocenters. The van der Waals surface area contributed by atoms with Crippen LogP contribution in [0, 0.1) is 10.1 Å². The minimum absolute atomic E-state index is 0.0288. The molecule has 2 rings (SSSR count). The van der Waals surface area contributed by atoms with Gasteiger partial charge in [0.05, 0.1) is 29.4 Å². The zero-order valence-electron chi connectivity index (χ0n) is 13.5. The molecular formula is C15H13BrClNO7S. The van der Waals surface area contributed by atoms with Gasteiger partial charge in [-0.25, -0.2) is 8.42 Å². The molecule has 0 atom stereocenters. The molecule has 2 aromatic carbocycles. The lowest BCUT2D eigenvalue weighted by molar-refractivity contribution is -0.385. The number of nitro benzene ring substituents is 1. The molecule has 0 aliphatic heterocycles. The van der Waals surface area contributed by atoms with Gasteiger partial charge in [-0.15, -0.1) is 0 Å². The van der Waals surface area contributed by atoms with E-state index in [0.717, 1.165) is 12.1 Å². The number of hydrogen-bond acceptors (Lipinski definition) is 7. The Hall–Kier alpha value is -2.04. The van der Waals surface area contributed by atoms with E-state index >= 15 is 0 Å². The fraction of sp³-hybridized carbons (Fsp3) is 0.200. The number of sulfone groups is 1. The number of nitrogens with zero attached hydrogens (tertiary/aromatic N) is 1. The lowest BCUT2D eigenvalue weighted by atomic mass is 10.2. The third-order valence-electron chi connectivity index (χ3n) is 3.45. The lowest BCUT2D eigenvalue weighted by Gasteiger charge is -2.13. The predicted molar refractivity (Wildman–Crippen MR) is 97.9 cm³/mol. The van der Waals surface area contributed by atoms with Crippen molar-refractivity contribution < 1.29 is 27.9 Å². The van der Waals surface area contributed by atoms with Gasteiger partial charge in [0.2, 0.25) is 0 Å². The largest absolute Gasteiger partial charge is 0.502 e. The fourth-order valence-electron chi connectivity index (χ4n) is 2.25. The van der Waals surface area contributed by atoms with Crippen molar-refractivity contribution in [2.75, 3.05) is 14.2 Å². The third-order valence-corrected chi connectivity index (χ3v) is 5.97. The van der Waals surface area contributed by atoms with Crippen LogP contribution in [0.3, 0.4) is 0 Å². The quantitative estimate of drug-likeness (QED) is 0.509. The molecule has 0 heterocycles. The van der Waals surface area contributed by atoms with Crippen molar-refractivity contribution in [2.45, 2.75) is 10.6 Å². The molecule has 0 radical (unpaired) electrons. The molecule has 2 aromatic rings. The number of ether oxygens (including phenoxy) is 2. The first-order valence-electron chi connectivity index (χ1n) is 6.90. The first-order valence-corrected chi connectivity index (χ1v) is 9.73. The van der Waals surface area contributed by atoms with E-state index in [4.69, 9.17) is 21.1 Å². The summed E-state index contributed by atoms with van der Waals surface area (Å²) in [5, 5.41) is 20.9. The Kier molecular flexibility index (Phi) is 5.99. The first kappa shape index (κ1) is 20.3. The summed E-state index contributed by atoms with van der Waals surface area (Å²) in [5.41, 5.74) is -0.872. The predicted octanol–water partition coefficient (Wildman–Crippen LogP) is 3.71. The number of benzene rings is 2. The van der Waals surface area contributed by atoms with E-state index in [0.29, 0.717) is 10.2 Å². The highest BCUT2D eigenvalue weighted by Gasteiger charge is 2.27. The summed E-state index contributed by atoms with van der Waals surface area (Å²) >= 11 is 9.01. The molecule has 0 aromatic heterocycles. The fourth-order valence-corrected chi connectivity index (χ4v) is 4.67. The lowest BCUT2D eigenvalue weighted by Crippen LogP contribution is -2.08. The van der Waals surface area contributed by atoms with Crippen molar-refractivity contribution >= 4 is 43.1 Å². The Bertz CT molecular complexity index is 978. The monoisotopic (exact) mass is 465 g/mol. The van der Waals surface area contributed by atoms with Crippen molar-refractivity contribution in [3.05, 3.63) is 49.4 Å². The number of nitro groups is 1. The normalized spacial score (nSPS) is 11.2. The minimum atomic E-state index is -4.04. The molecule has 11 heteroatoms. The van der Waals surface area contributed by atoms with Crippen LogP contribution in [0.1, 0.15) is 5.56 Å². The maximum atomic E-state index is 12.8. The van der Waals surface area contributed by atoms with Crippen LogP contribution in [0.25, 0.3) is 0 Å². The van der Waals surface area contributed by atoms with Crippen LogP contribution in [0.4, 0.5) is 5.69 Å². The van der Waals surface area contributed by atoms with Gasteiger partial charge in [-0.3, -0.25) is 10.1 Å². The summed E-state index contributed by atoms with van der Waals surface area (Å²) in [4.78, 5) is 9.96. The van der Waals surface area contributed by atoms with E-state index in [2.05, 4.69) is 15.9 Å². The Morgan fingerprint density at radius 2 is 1.81 bits per heavy atom. The Labute approximate surface area is 162 Å². The highest BCUT2D eigenvalue weighted by Crippen LogP contribution is 2.39. The number of methoxy groups -OCH3 is 2. The number of phenolic OH excluding ortho intramolecular Hbond substituents is 1. The molecule has 0 amide bonds. The molecule has 0 aliphatic carbocycles. The summed E-state index contributed by atoms with van der Waals surface area (Å²) in [6, 6.07) is 4.78. The van der Waals surface area contributed by atoms with Gasteiger partial charge in [-0.2, -0.15) is 0 Å². The van der Waals surface area contributed by atoms with Gasteiger partial charge in [-0.05, 0) is 28.1 Å². The van der Waals surface area contributed by atoms with Crippen LogP contribution in [-0.4, -0.2) is 32.7 Å². The molecule has 1 N–H and O–H groups in total. The second-order valence-electron chi connectivity index (χ2n) is 5.09. The Morgan fingerprint density at radius 1 is 1.19 bits per heavy atom. The van der Waals surface area contributed by atoms with E-state index in [1.165, 1.54) is 26.4 Å². The van der Waals surface area contributed by atoms with Crippen molar-refractivity contribution in [3.8, 4) is 17.2 Å². The van der Waals surface area contributed by atoms with Gasteiger partial charge in [0, 0.05) is 22.7 Å². The zero-order valence-corrected chi connectivity index (χ0v) is 16.7. The van der Waals surface area contributed by atoms with Crippen LogP contribution in [0.2, 0.25) is 5.02 Å². The van der Waals surface area contributed by atoms with E-state index < -0.39 is 32.0 Å². The molecule has 0 spiro atoms. The van der Waals surface area contributed by atoms with Crippen molar-refractivity contribution in [1.29, 1.82) is 0 Å². The molecule has 0 bridgehead atoms. The second-order valence-corrected chi connectivity index (χ2v) is 8.34. The average molecular weight is 467 g/mol. The topological polar surface area (TPSA) is 116 Å². The SMILES string of the molecule is COc1cc(OC)c(S(=O)(=O)Cc2cc(Cl)cc([N+](=O)[O-])c2O)cc1Br. The maximum Gasteiger partial charge on any atom is 0.312 e. The average Bonchev–Trinajstić information content (AvgIpc) is 2.57. The third kappa shape index (κ3) is 4.02. The molecular weight excluding hydrogens is 454 g/mol. The van der Waals surface area contributed by atoms with Gasteiger partial charge < -0.3 is 14.6 Å². The standard InChI is InChI=1S/C15H13BrClNO7S/c1-24-12-6-13(25-2)14(5-10(12)16)26(22,23)7-8-3-9(17)4-11(15(8)19)18(20)21/h3-6,19H,7H2,1-2H3.